The largest absolute Gasteiger partial charge is 0.374 e. The van der Waals surface area contributed by atoms with Crippen LogP contribution in [0.3, 0.4) is 0 Å². The predicted molar refractivity (Wildman–Crippen MR) is 94.7 cm³/mol. The van der Waals surface area contributed by atoms with Gasteiger partial charge in [0.2, 0.25) is 0 Å². The summed E-state index contributed by atoms with van der Waals surface area (Å²) in [5.74, 6) is 0. The number of likely N-dealkylation sites (N-methyl/N-ethyl adjacent to an activating group) is 1. The normalized spacial score (nSPS) is 27.5. The summed E-state index contributed by atoms with van der Waals surface area (Å²) in [6.45, 7) is 6.44. The van der Waals surface area contributed by atoms with Crippen molar-refractivity contribution in [2.45, 2.75) is 44.4 Å². The van der Waals surface area contributed by atoms with Crippen LogP contribution in [0.25, 0.3) is 0 Å². The molecule has 0 aliphatic carbocycles. The Morgan fingerprint density at radius 3 is 2.95 bits per heavy atom. The van der Waals surface area contributed by atoms with Crippen LogP contribution in [0.4, 0.5) is 0 Å². The maximum atomic E-state index is 6.20. The van der Waals surface area contributed by atoms with Crippen LogP contribution in [0.15, 0.2) is 24.3 Å². The van der Waals surface area contributed by atoms with Crippen molar-refractivity contribution in [3.63, 3.8) is 0 Å². The molecule has 3 rings (SSSR count). The molecule has 2 aliphatic rings. The maximum absolute atomic E-state index is 6.20. The standard InChI is InChI=1S/C17H25IN2O/c1-2-19-16(10-13-5-7-14(18)8-6-13)17-11-20-9-3-4-15(20)12-21-17/h5-8,15-17,19H,2-4,9-12H2,1H3. The first-order valence-corrected chi connectivity index (χ1v) is 9.17. The van der Waals surface area contributed by atoms with E-state index in [1.165, 1.54) is 28.5 Å². The molecule has 1 aromatic carbocycles. The summed E-state index contributed by atoms with van der Waals surface area (Å²) >= 11 is 2.36. The Morgan fingerprint density at radius 1 is 1.38 bits per heavy atom. The Morgan fingerprint density at radius 2 is 2.19 bits per heavy atom. The number of halogens is 1. The van der Waals surface area contributed by atoms with Crippen molar-refractivity contribution in [2.24, 2.45) is 0 Å². The van der Waals surface area contributed by atoms with Gasteiger partial charge in [-0.25, -0.2) is 0 Å². The molecule has 0 saturated carbocycles. The quantitative estimate of drug-likeness (QED) is 0.770. The molecule has 0 amide bonds. The minimum absolute atomic E-state index is 0.318. The lowest BCUT2D eigenvalue weighted by Crippen LogP contribution is -2.54. The van der Waals surface area contributed by atoms with Crippen LogP contribution in [0.1, 0.15) is 25.3 Å². The van der Waals surface area contributed by atoms with E-state index in [2.05, 4.69) is 64.0 Å². The maximum Gasteiger partial charge on any atom is 0.0858 e. The van der Waals surface area contributed by atoms with Gasteiger partial charge in [0, 0.05) is 22.2 Å². The number of nitrogens with one attached hydrogen (secondary N) is 1. The molecule has 21 heavy (non-hydrogen) atoms. The Hall–Kier alpha value is -0.170. The number of morpholine rings is 1. The summed E-state index contributed by atoms with van der Waals surface area (Å²) in [6, 6.07) is 9.97. The zero-order valence-electron chi connectivity index (χ0n) is 12.7. The van der Waals surface area contributed by atoms with Gasteiger partial charge in [0.15, 0.2) is 0 Å². The second-order valence-corrected chi connectivity index (χ2v) is 7.40. The van der Waals surface area contributed by atoms with E-state index in [0.717, 1.165) is 26.1 Å². The Balaban J connectivity index is 1.64. The molecule has 0 bridgehead atoms. The monoisotopic (exact) mass is 400 g/mol. The molecule has 0 aromatic heterocycles. The van der Waals surface area contributed by atoms with Gasteiger partial charge in [-0.3, -0.25) is 4.90 Å². The minimum Gasteiger partial charge on any atom is -0.374 e. The summed E-state index contributed by atoms with van der Waals surface area (Å²) in [4.78, 5) is 2.63. The first-order valence-electron chi connectivity index (χ1n) is 8.09. The van der Waals surface area contributed by atoms with E-state index in [-0.39, 0.29) is 0 Å². The Bertz CT molecular complexity index is 451. The van der Waals surface area contributed by atoms with Crippen LogP contribution in [-0.2, 0) is 11.2 Å². The third-order valence-corrected chi connectivity index (χ3v) is 5.42. The molecule has 2 saturated heterocycles. The van der Waals surface area contributed by atoms with E-state index in [4.69, 9.17) is 4.74 Å². The molecule has 2 fully saturated rings. The topological polar surface area (TPSA) is 24.5 Å². The van der Waals surface area contributed by atoms with E-state index >= 15 is 0 Å². The van der Waals surface area contributed by atoms with Crippen molar-refractivity contribution in [2.75, 3.05) is 26.2 Å². The van der Waals surface area contributed by atoms with Crippen molar-refractivity contribution >= 4 is 22.6 Å². The van der Waals surface area contributed by atoms with Crippen LogP contribution in [0.2, 0.25) is 0 Å². The van der Waals surface area contributed by atoms with Crippen LogP contribution < -0.4 is 5.32 Å². The molecule has 3 unspecified atom stereocenters. The van der Waals surface area contributed by atoms with Gasteiger partial charge in [-0.2, -0.15) is 0 Å². The number of rotatable bonds is 5. The van der Waals surface area contributed by atoms with Crippen molar-refractivity contribution < 1.29 is 4.74 Å². The van der Waals surface area contributed by atoms with Crippen molar-refractivity contribution in [1.82, 2.24) is 10.2 Å². The lowest BCUT2D eigenvalue weighted by atomic mass is 9.99. The number of nitrogens with zero attached hydrogens (tertiary/aromatic N) is 1. The van der Waals surface area contributed by atoms with Crippen LogP contribution >= 0.6 is 22.6 Å². The minimum atomic E-state index is 0.318. The number of benzene rings is 1. The molecule has 1 aromatic rings. The van der Waals surface area contributed by atoms with Gasteiger partial charge in [-0.1, -0.05) is 19.1 Å². The fraction of sp³-hybridized carbons (Fsp3) is 0.647. The fourth-order valence-electron chi connectivity index (χ4n) is 3.56. The molecule has 116 valence electrons. The highest BCUT2D eigenvalue weighted by Crippen LogP contribution is 2.24. The Labute approximate surface area is 141 Å². The van der Waals surface area contributed by atoms with E-state index in [0.29, 0.717) is 18.2 Å². The average molecular weight is 400 g/mol. The van der Waals surface area contributed by atoms with Gasteiger partial charge in [-0.15, -0.1) is 0 Å². The van der Waals surface area contributed by atoms with Crippen LogP contribution in [-0.4, -0.2) is 49.3 Å². The van der Waals surface area contributed by atoms with Gasteiger partial charge in [0.1, 0.15) is 0 Å². The third kappa shape index (κ3) is 3.97. The molecule has 3 nitrogen and oxygen atoms in total. The summed E-state index contributed by atoms with van der Waals surface area (Å²) in [6.07, 6.45) is 4.02. The Kier molecular flexibility index (Phi) is 5.54. The van der Waals surface area contributed by atoms with Gasteiger partial charge < -0.3 is 10.1 Å². The average Bonchev–Trinajstić information content (AvgIpc) is 2.96. The molecule has 4 heteroatoms. The highest BCUT2D eigenvalue weighted by atomic mass is 127. The summed E-state index contributed by atoms with van der Waals surface area (Å²) in [5.41, 5.74) is 1.40. The number of hydrogen-bond acceptors (Lipinski definition) is 3. The highest BCUT2D eigenvalue weighted by Gasteiger charge is 2.35. The molecule has 0 spiro atoms. The van der Waals surface area contributed by atoms with E-state index in [9.17, 15) is 0 Å². The van der Waals surface area contributed by atoms with E-state index in [1.54, 1.807) is 0 Å². The summed E-state index contributed by atoms with van der Waals surface area (Å²) < 4.78 is 7.49. The van der Waals surface area contributed by atoms with Gasteiger partial charge in [0.05, 0.1) is 12.7 Å². The molecule has 0 radical (unpaired) electrons. The first-order chi connectivity index (χ1) is 10.3. The summed E-state index contributed by atoms with van der Waals surface area (Å²) in [5, 5.41) is 3.64. The van der Waals surface area contributed by atoms with Crippen LogP contribution in [0.5, 0.6) is 0 Å². The fourth-order valence-corrected chi connectivity index (χ4v) is 3.92. The molecule has 2 aliphatic heterocycles. The molecule has 2 heterocycles. The zero-order chi connectivity index (χ0) is 14.7. The highest BCUT2D eigenvalue weighted by molar-refractivity contribution is 14.1. The van der Waals surface area contributed by atoms with Crippen molar-refractivity contribution in [3.05, 3.63) is 33.4 Å². The number of hydrogen-bond donors (Lipinski definition) is 1. The molecular weight excluding hydrogens is 375 g/mol. The lowest BCUT2D eigenvalue weighted by Gasteiger charge is -2.39. The van der Waals surface area contributed by atoms with Gasteiger partial charge in [-0.05, 0) is 72.6 Å². The van der Waals surface area contributed by atoms with Crippen molar-refractivity contribution in [1.29, 1.82) is 0 Å². The van der Waals surface area contributed by atoms with E-state index in [1.807, 2.05) is 0 Å². The summed E-state index contributed by atoms with van der Waals surface area (Å²) in [7, 11) is 0. The lowest BCUT2D eigenvalue weighted by molar-refractivity contribution is -0.0641. The zero-order valence-corrected chi connectivity index (χ0v) is 14.9. The molecule has 3 atom stereocenters. The third-order valence-electron chi connectivity index (χ3n) is 4.70. The second kappa shape index (κ2) is 7.40. The number of fused-ring (bicyclic) bond motifs is 1. The predicted octanol–water partition coefficient (Wildman–Crippen LogP) is 2.68. The van der Waals surface area contributed by atoms with Gasteiger partial charge in [0.25, 0.3) is 0 Å². The van der Waals surface area contributed by atoms with Crippen LogP contribution in [0, 0.1) is 3.57 Å². The van der Waals surface area contributed by atoms with Gasteiger partial charge >= 0.3 is 0 Å². The second-order valence-electron chi connectivity index (χ2n) is 6.16. The van der Waals surface area contributed by atoms with Crippen molar-refractivity contribution in [3.8, 4) is 0 Å². The SMILES string of the molecule is CCNC(Cc1ccc(I)cc1)C1CN2CCCC2CO1. The first kappa shape index (κ1) is 15.7. The molecule has 1 N–H and O–H groups in total. The number of ether oxygens (including phenoxy) is 1. The smallest absolute Gasteiger partial charge is 0.0858 e. The van der Waals surface area contributed by atoms with E-state index < -0.39 is 0 Å². The molecular formula is C17H25IN2O.